The van der Waals surface area contributed by atoms with E-state index in [-0.39, 0.29) is 4.87 Å². The summed E-state index contributed by atoms with van der Waals surface area (Å²) < 4.78 is 0. The second-order valence-corrected chi connectivity index (χ2v) is 6.98. The van der Waals surface area contributed by atoms with E-state index in [0.29, 0.717) is 5.75 Å². The summed E-state index contributed by atoms with van der Waals surface area (Å²) in [6.07, 6.45) is 3.45. The Bertz CT molecular complexity index is 365. The first kappa shape index (κ1) is 12.8. The number of phenols is 1. The Morgan fingerprint density at radius 1 is 1.41 bits per heavy atom. The third-order valence-electron chi connectivity index (χ3n) is 3.34. The van der Waals surface area contributed by atoms with Crippen LogP contribution in [-0.2, 0) is 6.42 Å². The maximum absolute atomic E-state index is 9.24. The molecule has 2 rings (SSSR count). The molecule has 0 saturated carbocycles. The van der Waals surface area contributed by atoms with E-state index >= 15 is 0 Å². The number of phenolic OH excluding ortho intramolecular Hbond substituents is 1. The third-order valence-corrected chi connectivity index (χ3v) is 4.84. The Labute approximate surface area is 108 Å². The first-order valence-corrected chi connectivity index (χ1v) is 7.16. The van der Waals surface area contributed by atoms with Crippen molar-refractivity contribution in [3.63, 3.8) is 0 Å². The lowest BCUT2D eigenvalue weighted by Crippen LogP contribution is -2.45. The van der Waals surface area contributed by atoms with E-state index in [1.165, 1.54) is 12.0 Å². The van der Waals surface area contributed by atoms with Crippen LogP contribution in [0.25, 0.3) is 0 Å². The smallest absolute Gasteiger partial charge is 0.115 e. The fourth-order valence-corrected chi connectivity index (χ4v) is 3.81. The monoisotopic (exact) mass is 251 g/mol. The highest BCUT2D eigenvalue weighted by Crippen LogP contribution is 2.35. The normalized spacial score (nSPS) is 29.2. The highest BCUT2D eigenvalue weighted by atomic mass is 32.2. The number of benzene rings is 1. The Kier molecular flexibility index (Phi) is 4.00. The van der Waals surface area contributed by atoms with Gasteiger partial charge in [-0.3, -0.25) is 0 Å². The van der Waals surface area contributed by atoms with Gasteiger partial charge in [-0.1, -0.05) is 19.1 Å². The molecule has 1 aromatic rings. The lowest BCUT2D eigenvalue weighted by Gasteiger charge is -2.37. The predicted octanol–water partition coefficient (Wildman–Crippen LogP) is 3.16. The first-order chi connectivity index (χ1) is 8.07. The summed E-state index contributed by atoms with van der Waals surface area (Å²) in [4.78, 5) is 0.204. The van der Waals surface area contributed by atoms with Crippen molar-refractivity contribution in [2.75, 3.05) is 6.54 Å². The zero-order chi connectivity index (χ0) is 12.3. The van der Waals surface area contributed by atoms with Crippen molar-refractivity contribution in [1.29, 1.82) is 0 Å². The lowest BCUT2D eigenvalue weighted by molar-refractivity contribution is 0.442. The topological polar surface area (TPSA) is 32.3 Å². The molecule has 1 heterocycles. The number of nitrogens with one attached hydrogen (secondary N) is 1. The molecular weight excluding hydrogens is 230 g/mol. The molecular formula is C14H21NOS. The SMILES string of the molecule is CC1CCNC(C)(CCc2ccc(O)cc2)S1. The molecule has 0 radical (unpaired) electrons. The minimum atomic E-state index is 0.204. The van der Waals surface area contributed by atoms with E-state index in [0.717, 1.165) is 24.6 Å². The van der Waals surface area contributed by atoms with Crippen molar-refractivity contribution in [2.45, 2.75) is 43.2 Å². The van der Waals surface area contributed by atoms with Crippen molar-refractivity contribution < 1.29 is 5.11 Å². The number of aryl methyl sites for hydroxylation is 1. The van der Waals surface area contributed by atoms with E-state index in [2.05, 4.69) is 30.9 Å². The highest BCUT2D eigenvalue weighted by molar-refractivity contribution is 8.01. The van der Waals surface area contributed by atoms with Gasteiger partial charge >= 0.3 is 0 Å². The van der Waals surface area contributed by atoms with Gasteiger partial charge in [0.15, 0.2) is 0 Å². The Morgan fingerprint density at radius 2 is 2.12 bits per heavy atom. The van der Waals surface area contributed by atoms with Gasteiger partial charge in [0, 0.05) is 5.25 Å². The van der Waals surface area contributed by atoms with Gasteiger partial charge in [-0.05, 0) is 50.4 Å². The number of thioether (sulfide) groups is 1. The van der Waals surface area contributed by atoms with Crippen LogP contribution in [-0.4, -0.2) is 21.8 Å². The standard InChI is InChI=1S/C14H21NOS/c1-11-8-10-15-14(2,17-11)9-7-12-3-5-13(16)6-4-12/h3-6,11,15-16H,7-10H2,1-2H3. The fraction of sp³-hybridized carbons (Fsp3) is 0.571. The molecule has 0 aliphatic carbocycles. The largest absolute Gasteiger partial charge is 0.508 e. The van der Waals surface area contributed by atoms with Gasteiger partial charge in [0.2, 0.25) is 0 Å². The predicted molar refractivity (Wildman–Crippen MR) is 74.5 cm³/mol. The highest BCUT2D eigenvalue weighted by Gasteiger charge is 2.29. The van der Waals surface area contributed by atoms with Crippen LogP contribution in [0.5, 0.6) is 5.75 Å². The van der Waals surface area contributed by atoms with Crippen molar-refractivity contribution in [3.05, 3.63) is 29.8 Å². The van der Waals surface area contributed by atoms with Gasteiger partial charge in [-0.25, -0.2) is 0 Å². The van der Waals surface area contributed by atoms with E-state index < -0.39 is 0 Å². The summed E-state index contributed by atoms with van der Waals surface area (Å²) in [6, 6.07) is 7.55. The molecule has 17 heavy (non-hydrogen) atoms. The lowest BCUT2D eigenvalue weighted by atomic mass is 10.1. The summed E-state index contributed by atoms with van der Waals surface area (Å²) in [5.41, 5.74) is 1.30. The molecule has 1 saturated heterocycles. The molecule has 0 spiro atoms. The van der Waals surface area contributed by atoms with Crippen LogP contribution in [0.3, 0.4) is 0 Å². The quantitative estimate of drug-likeness (QED) is 0.865. The Morgan fingerprint density at radius 3 is 2.76 bits per heavy atom. The molecule has 1 aliphatic rings. The van der Waals surface area contributed by atoms with E-state index in [1.54, 1.807) is 12.1 Å². The average molecular weight is 251 g/mol. The van der Waals surface area contributed by atoms with E-state index in [1.807, 2.05) is 12.1 Å². The van der Waals surface area contributed by atoms with E-state index in [9.17, 15) is 5.11 Å². The van der Waals surface area contributed by atoms with Gasteiger partial charge in [-0.15, -0.1) is 11.8 Å². The van der Waals surface area contributed by atoms with Crippen molar-refractivity contribution in [2.24, 2.45) is 0 Å². The molecule has 0 amide bonds. The van der Waals surface area contributed by atoms with Gasteiger partial charge in [0.1, 0.15) is 5.75 Å². The third kappa shape index (κ3) is 3.65. The Balaban J connectivity index is 1.90. The van der Waals surface area contributed by atoms with Crippen molar-refractivity contribution in [1.82, 2.24) is 5.32 Å². The first-order valence-electron chi connectivity index (χ1n) is 6.28. The molecule has 2 nitrogen and oxygen atoms in total. The maximum atomic E-state index is 9.24. The number of hydrogen-bond donors (Lipinski definition) is 2. The maximum Gasteiger partial charge on any atom is 0.115 e. The van der Waals surface area contributed by atoms with Crippen LogP contribution < -0.4 is 5.32 Å². The second-order valence-electron chi connectivity index (χ2n) is 5.04. The molecule has 0 bridgehead atoms. The minimum Gasteiger partial charge on any atom is -0.508 e. The molecule has 1 fully saturated rings. The molecule has 3 heteroatoms. The zero-order valence-electron chi connectivity index (χ0n) is 10.6. The van der Waals surface area contributed by atoms with Crippen LogP contribution in [0.1, 0.15) is 32.3 Å². The van der Waals surface area contributed by atoms with Crippen LogP contribution in [0.4, 0.5) is 0 Å². The van der Waals surface area contributed by atoms with Gasteiger partial charge < -0.3 is 10.4 Å². The van der Waals surface area contributed by atoms with Crippen molar-refractivity contribution in [3.8, 4) is 5.75 Å². The summed E-state index contributed by atoms with van der Waals surface area (Å²) >= 11 is 2.05. The van der Waals surface area contributed by atoms with Gasteiger partial charge in [0.25, 0.3) is 0 Å². The summed E-state index contributed by atoms with van der Waals surface area (Å²) in [5.74, 6) is 0.346. The summed E-state index contributed by atoms with van der Waals surface area (Å²) in [5, 5.41) is 13.6. The zero-order valence-corrected chi connectivity index (χ0v) is 11.4. The number of aromatic hydroxyl groups is 1. The van der Waals surface area contributed by atoms with Gasteiger partial charge in [-0.2, -0.15) is 0 Å². The molecule has 2 atom stereocenters. The molecule has 0 aromatic heterocycles. The van der Waals surface area contributed by atoms with Crippen LogP contribution in [0, 0.1) is 0 Å². The van der Waals surface area contributed by atoms with Crippen molar-refractivity contribution >= 4 is 11.8 Å². The van der Waals surface area contributed by atoms with Crippen LogP contribution in [0.15, 0.2) is 24.3 Å². The average Bonchev–Trinajstić information content (AvgIpc) is 2.28. The van der Waals surface area contributed by atoms with Crippen LogP contribution >= 0.6 is 11.8 Å². The molecule has 1 aliphatic heterocycles. The molecule has 2 unspecified atom stereocenters. The van der Waals surface area contributed by atoms with E-state index in [4.69, 9.17) is 0 Å². The van der Waals surface area contributed by atoms with Crippen LogP contribution in [0.2, 0.25) is 0 Å². The molecule has 94 valence electrons. The minimum absolute atomic E-state index is 0.204. The molecule has 1 aromatic carbocycles. The second kappa shape index (κ2) is 5.32. The number of rotatable bonds is 3. The molecule has 2 N–H and O–H groups in total. The summed E-state index contributed by atoms with van der Waals surface area (Å²) in [6.45, 7) is 5.73. The number of hydrogen-bond acceptors (Lipinski definition) is 3. The fourth-order valence-electron chi connectivity index (χ4n) is 2.28. The Hall–Kier alpha value is -0.670. The van der Waals surface area contributed by atoms with Gasteiger partial charge in [0.05, 0.1) is 4.87 Å². The summed E-state index contributed by atoms with van der Waals surface area (Å²) in [7, 11) is 0.